The van der Waals surface area contributed by atoms with Crippen LogP contribution in [0.2, 0.25) is 0 Å². The monoisotopic (exact) mass is 183 g/mol. The van der Waals surface area contributed by atoms with E-state index in [1.54, 1.807) is 12.1 Å². The summed E-state index contributed by atoms with van der Waals surface area (Å²) in [6, 6.07) is 9.46. The van der Waals surface area contributed by atoms with Crippen molar-refractivity contribution in [3.8, 4) is 6.07 Å². The van der Waals surface area contributed by atoms with Crippen LogP contribution in [0.5, 0.6) is 0 Å². The van der Waals surface area contributed by atoms with Crippen molar-refractivity contribution in [3.63, 3.8) is 0 Å². The van der Waals surface area contributed by atoms with E-state index in [1.165, 1.54) is 0 Å². The van der Waals surface area contributed by atoms with Crippen LogP contribution in [0.3, 0.4) is 0 Å². The Balaban J connectivity index is 2.38. The maximum absolute atomic E-state index is 11.0. The van der Waals surface area contributed by atoms with Gasteiger partial charge in [0, 0.05) is 6.42 Å². The predicted octanol–water partition coefficient (Wildman–Crippen LogP) is 2.30. The second-order valence-corrected chi connectivity index (χ2v) is 3.33. The van der Waals surface area contributed by atoms with Crippen LogP contribution in [0.15, 0.2) is 30.3 Å². The summed E-state index contributed by atoms with van der Waals surface area (Å²) in [6.45, 7) is 0. The van der Waals surface area contributed by atoms with Crippen LogP contribution in [0.4, 0.5) is 0 Å². The van der Waals surface area contributed by atoms with Crippen molar-refractivity contribution in [1.29, 1.82) is 5.26 Å². The van der Waals surface area contributed by atoms with Crippen molar-refractivity contribution in [3.05, 3.63) is 41.5 Å². The molecule has 0 N–H and O–H groups in total. The molecule has 1 aromatic rings. The Morgan fingerprint density at radius 2 is 2.14 bits per heavy atom. The molecular weight excluding hydrogens is 174 g/mol. The van der Waals surface area contributed by atoms with Gasteiger partial charge in [-0.15, -0.1) is 0 Å². The summed E-state index contributed by atoms with van der Waals surface area (Å²) < 4.78 is 0. The van der Waals surface area contributed by atoms with Gasteiger partial charge in [-0.3, -0.25) is 4.79 Å². The molecule has 1 aliphatic carbocycles. The zero-order valence-corrected chi connectivity index (χ0v) is 7.66. The average molecular weight is 183 g/mol. The minimum absolute atomic E-state index is 0.183. The van der Waals surface area contributed by atoms with Gasteiger partial charge in [0.25, 0.3) is 0 Å². The number of carbonyl (C=O) groups excluding carboxylic acids is 1. The second kappa shape index (κ2) is 3.47. The summed E-state index contributed by atoms with van der Waals surface area (Å²) in [5, 5.41) is 8.72. The van der Waals surface area contributed by atoms with Crippen molar-refractivity contribution in [2.45, 2.75) is 12.8 Å². The highest BCUT2D eigenvalue weighted by Gasteiger charge is 2.13. The molecule has 1 aliphatic rings. The molecule has 0 saturated heterocycles. The van der Waals surface area contributed by atoms with E-state index in [0.717, 1.165) is 17.6 Å². The van der Waals surface area contributed by atoms with Gasteiger partial charge in [0.2, 0.25) is 0 Å². The van der Waals surface area contributed by atoms with Gasteiger partial charge >= 0.3 is 0 Å². The molecule has 0 spiro atoms. The third-order valence-electron chi connectivity index (χ3n) is 2.34. The number of nitrogens with zero attached hydrogens (tertiary/aromatic N) is 1. The van der Waals surface area contributed by atoms with Gasteiger partial charge in [0.1, 0.15) is 0 Å². The van der Waals surface area contributed by atoms with Gasteiger partial charge in [-0.2, -0.15) is 5.26 Å². The largest absolute Gasteiger partial charge is 0.295 e. The molecule has 0 radical (unpaired) electrons. The second-order valence-electron chi connectivity index (χ2n) is 3.33. The fraction of sp³-hybridized carbons (Fsp3) is 0.167. The third kappa shape index (κ3) is 1.57. The van der Waals surface area contributed by atoms with Crippen LogP contribution in [0, 0.1) is 11.3 Å². The molecule has 14 heavy (non-hydrogen) atoms. The third-order valence-corrected chi connectivity index (χ3v) is 2.34. The van der Waals surface area contributed by atoms with Crippen LogP contribution >= 0.6 is 0 Å². The summed E-state index contributed by atoms with van der Waals surface area (Å²) in [6.07, 6.45) is 3.08. The van der Waals surface area contributed by atoms with E-state index in [2.05, 4.69) is 6.07 Å². The summed E-state index contributed by atoms with van der Waals surface area (Å²) in [5.41, 5.74) is 2.68. The zero-order chi connectivity index (χ0) is 9.97. The Kier molecular flexibility index (Phi) is 2.16. The van der Waals surface area contributed by atoms with E-state index >= 15 is 0 Å². The Labute approximate surface area is 82.5 Å². The van der Waals surface area contributed by atoms with Gasteiger partial charge in [0.15, 0.2) is 5.78 Å². The number of hydrogen-bond donors (Lipinski definition) is 0. The Morgan fingerprint density at radius 1 is 1.29 bits per heavy atom. The topological polar surface area (TPSA) is 40.9 Å². The molecule has 0 atom stereocenters. The average Bonchev–Trinajstić information content (AvgIpc) is 2.65. The molecule has 68 valence electrons. The van der Waals surface area contributed by atoms with Gasteiger partial charge in [-0.1, -0.05) is 12.1 Å². The van der Waals surface area contributed by atoms with Gasteiger partial charge in [-0.05, 0) is 35.8 Å². The van der Waals surface area contributed by atoms with Crippen LogP contribution in [-0.2, 0) is 4.79 Å². The molecule has 0 aliphatic heterocycles. The van der Waals surface area contributed by atoms with Gasteiger partial charge in [-0.25, -0.2) is 0 Å². The van der Waals surface area contributed by atoms with Crippen LogP contribution in [0.25, 0.3) is 5.57 Å². The number of benzene rings is 1. The molecule has 1 aromatic carbocycles. The molecule has 0 bridgehead atoms. The quantitative estimate of drug-likeness (QED) is 0.670. The zero-order valence-electron chi connectivity index (χ0n) is 7.66. The lowest BCUT2D eigenvalue weighted by molar-refractivity contribution is -0.114. The van der Waals surface area contributed by atoms with Crippen molar-refractivity contribution in [2.24, 2.45) is 0 Å². The highest BCUT2D eigenvalue weighted by Crippen LogP contribution is 2.25. The van der Waals surface area contributed by atoms with Crippen LogP contribution in [0.1, 0.15) is 24.0 Å². The number of allylic oxidation sites excluding steroid dienone is 2. The number of ketones is 1. The Hall–Kier alpha value is -1.88. The normalized spacial score (nSPS) is 15.1. The molecule has 0 unspecified atom stereocenters. The number of rotatable bonds is 1. The Bertz CT molecular complexity index is 452. The lowest BCUT2D eigenvalue weighted by atomic mass is 10.0. The molecule has 2 nitrogen and oxygen atoms in total. The lowest BCUT2D eigenvalue weighted by Gasteiger charge is -2.00. The summed E-state index contributed by atoms with van der Waals surface area (Å²) >= 11 is 0. The molecule has 0 heterocycles. The Morgan fingerprint density at radius 3 is 2.79 bits per heavy atom. The summed E-state index contributed by atoms with van der Waals surface area (Å²) in [4.78, 5) is 11.0. The first-order chi connectivity index (χ1) is 6.79. The van der Waals surface area contributed by atoms with E-state index < -0.39 is 0 Å². The van der Waals surface area contributed by atoms with Crippen molar-refractivity contribution >= 4 is 11.4 Å². The SMILES string of the molecule is N#Cc1cccc(C2=CC(=O)CC2)c1. The first-order valence-corrected chi connectivity index (χ1v) is 4.53. The molecule has 0 fully saturated rings. The standard InChI is InChI=1S/C12H9NO/c13-8-9-2-1-3-10(6-9)11-4-5-12(14)7-11/h1-3,6-7H,4-5H2. The molecule has 0 saturated carbocycles. The highest BCUT2D eigenvalue weighted by atomic mass is 16.1. The van der Waals surface area contributed by atoms with Gasteiger partial charge < -0.3 is 0 Å². The summed E-state index contributed by atoms with van der Waals surface area (Å²) in [5.74, 6) is 0.183. The van der Waals surface area contributed by atoms with Crippen LogP contribution in [-0.4, -0.2) is 5.78 Å². The predicted molar refractivity (Wildman–Crippen MR) is 53.4 cm³/mol. The molecular formula is C12H9NO. The van der Waals surface area contributed by atoms with Crippen LogP contribution < -0.4 is 0 Å². The number of carbonyl (C=O) groups is 1. The maximum Gasteiger partial charge on any atom is 0.156 e. The number of nitriles is 1. The molecule has 0 amide bonds. The van der Waals surface area contributed by atoms with Gasteiger partial charge in [0.05, 0.1) is 11.6 Å². The lowest BCUT2D eigenvalue weighted by Crippen LogP contribution is -1.82. The van der Waals surface area contributed by atoms with Crippen molar-refractivity contribution in [1.82, 2.24) is 0 Å². The van der Waals surface area contributed by atoms with Crippen molar-refractivity contribution < 1.29 is 4.79 Å². The first kappa shape index (κ1) is 8.71. The highest BCUT2D eigenvalue weighted by molar-refractivity contribution is 6.01. The number of hydrogen-bond acceptors (Lipinski definition) is 2. The summed E-state index contributed by atoms with van der Waals surface area (Å²) in [7, 11) is 0. The fourth-order valence-electron chi connectivity index (χ4n) is 1.61. The van der Waals surface area contributed by atoms with E-state index in [-0.39, 0.29) is 5.78 Å². The molecule has 2 heteroatoms. The molecule has 0 aromatic heterocycles. The minimum atomic E-state index is 0.183. The van der Waals surface area contributed by atoms with E-state index in [4.69, 9.17) is 5.26 Å². The van der Waals surface area contributed by atoms with E-state index in [1.807, 2.05) is 18.2 Å². The smallest absolute Gasteiger partial charge is 0.156 e. The van der Waals surface area contributed by atoms with Crippen molar-refractivity contribution in [2.75, 3.05) is 0 Å². The van der Waals surface area contributed by atoms with E-state index in [9.17, 15) is 4.79 Å². The van der Waals surface area contributed by atoms with E-state index in [0.29, 0.717) is 12.0 Å². The maximum atomic E-state index is 11.0. The minimum Gasteiger partial charge on any atom is -0.295 e. The molecule has 2 rings (SSSR count). The fourth-order valence-corrected chi connectivity index (χ4v) is 1.61. The first-order valence-electron chi connectivity index (χ1n) is 4.53.